The second-order valence-electron chi connectivity index (χ2n) is 2.67. The van der Waals surface area contributed by atoms with Crippen molar-refractivity contribution in [2.45, 2.75) is 12.8 Å². The van der Waals surface area contributed by atoms with E-state index in [1.54, 1.807) is 0 Å². The van der Waals surface area contributed by atoms with Crippen molar-refractivity contribution >= 4 is 37.8 Å². The molecule has 1 aromatic heterocycles. The van der Waals surface area contributed by atoms with Crippen LogP contribution >= 0.6 is 31.9 Å². The number of hydrogen-bond donors (Lipinski definition) is 1. The lowest BCUT2D eigenvalue weighted by Crippen LogP contribution is -2.06. The van der Waals surface area contributed by atoms with Crippen molar-refractivity contribution in [1.82, 2.24) is 4.98 Å². The van der Waals surface area contributed by atoms with E-state index in [1.165, 1.54) is 0 Å². The lowest BCUT2D eigenvalue weighted by Gasteiger charge is -2.09. The molecule has 0 unspecified atom stereocenters. The van der Waals surface area contributed by atoms with Crippen LogP contribution in [-0.4, -0.2) is 16.1 Å². The number of hydrogen-bond acceptors (Lipinski definition) is 2. The average molecular weight is 345 g/mol. The summed E-state index contributed by atoms with van der Waals surface area (Å²) in [7, 11) is 0. The summed E-state index contributed by atoms with van der Waals surface area (Å²) in [4.78, 5) is 14.2. The fourth-order valence-electron chi connectivity index (χ4n) is 1.03. The van der Waals surface area contributed by atoms with Crippen LogP contribution in [-0.2, 0) is 11.2 Å². The standard InChI is InChI=1S/C8H5Br2F2NO2/c9-6-3(1-5(14)15)4(8(11)12)2-13-7(6)10/h2,8H,1H2,(H,14,15). The summed E-state index contributed by atoms with van der Waals surface area (Å²) >= 11 is 6.05. The molecule has 0 spiro atoms. The SMILES string of the molecule is O=C(O)Cc1c(C(F)F)cnc(Br)c1Br. The van der Waals surface area contributed by atoms with Crippen molar-refractivity contribution in [1.29, 1.82) is 0 Å². The van der Waals surface area contributed by atoms with Crippen LogP contribution in [0.1, 0.15) is 17.6 Å². The van der Waals surface area contributed by atoms with Gasteiger partial charge in [0, 0.05) is 11.8 Å². The van der Waals surface area contributed by atoms with Crippen LogP contribution < -0.4 is 0 Å². The fourth-order valence-corrected chi connectivity index (χ4v) is 1.84. The summed E-state index contributed by atoms with van der Waals surface area (Å²) in [5, 5.41) is 8.59. The van der Waals surface area contributed by atoms with E-state index in [0.29, 0.717) is 4.60 Å². The molecule has 3 nitrogen and oxygen atoms in total. The molecule has 0 aliphatic carbocycles. The Morgan fingerprint density at radius 2 is 2.13 bits per heavy atom. The van der Waals surface area contributed by atoms with Gasteiger partial charge in [0.05, 0.1) is 10.9 Å². The quantitative estimate of drug-likeness (QED) is 0.857. The molecule has 7 heteroatoms. The zero-order chi connectivity index (χ0) is 11.6. The molecule has 0 radical (unpaired) electrons. The molecule has 15 heavy (non-hydrogen) atoms. The zero-order valence-corrected chi connectivity index (χ0v) is 10.3. The summed E-state index contributed by atoms with van der Waals surface area (Å²) in [6.07, 6.45) is -2.24. The average Bonchev–Trinajstić information content (AvgIpc) is 2.12. The number of rotatable bonds is 3. The van der Waals surface area contributed by atoms with Crippen molar-refractivity contribution in [2.24, 2.45) is 0 Å². The van der Waals surface area contributed by atoms with Gasteiger partial charge in [0.15, 0.2) is 0 Å². The normalized spacial score (nSPS) is 10.7. The highest BCUT2D eigenvalue weighted by molar-refractivity contribution is 9.13. The zero-order valence-electron chi connectivity index (χ0n) is 7.18. The minimum Gasteiger partial charge on any atom is -0.481 e. The van der Waals surface area contributed by atoms with Crippen molar-refractivity contribution in [3.05, 3.63) is 26.4 Å². The molecule has 1 aromatic rings. The molecule has 0 aliphatic rings. The van der Waals surface area contributed by atoms with Crippen molar-refractivity contribution in [3.8, 4) is 0 Å². The molecule has 0 fully saturated rings. The Morgan fingerprint density at radius 1 is 1.53 bits per heavy atom. The molecule has 0 atom stereocenters. The van der Waals surface area contributed by atoms with Crippen molar-refractivity contribution in [3.63, 3.8) is 0 Å². The first-order chi connectivity index (χ1) is 6.93. The Balaban J connectivity index is 3.28. The van der Waals surface area contributed by atoms with Crippen LogP contribution in [0, 0.1) is 0 Å². The summed E-state index contributed by atoms with van der Waals surface area (Å²) in [5.74, 6) is -1.17. The maximum absolute atomic E-state index is 12.5. The lowest BCUT2D eigenvalue weighted by atomic mass is 10.1. The predicted octanol–water partition coefficient (Wildman–Crippen LogP) is 3.17. The molecule has 1 rings (SSSR count). The van der Waals surface area contributed by atoms with E-state index in [9.17, 15) is 13.6 Å². The topological polar surface area (TPSA) is 50.2 Å². The molecule has 82 valence electrons. The van der Waals surface area contributed by atoms with Crippen LogP contribution in [0.2, 0.25) is 0 Å². The van der Waals surface area contributed by atoms with E-state index in [0.717, 1.165) is 6.20 Å². The molecular formula is C8H5Br2F2NO2. The molecule has 1 heterocycles. The Bertz CT molecular complexity index is 398. The third kappa shape index (κ3) is 2.94. The van der Waals surface area contributed by atoms with Gasteiger partial charge in [-0.05, 0) is 37.4 Å². The van der Waals surface area contributed by atoms with Gasteiger partial charge in [-0.3, -0.25) is 4.79 Å². The number of aliphatic carboxylic acids is 1. The maximum atomic E-state index is 12.5. The van der Waals surface area contributed by atoms with Crippen molar-refractivity contribution in [2.75, 3.05) is 0 Å². The van der Waals surface area contributed by atoms with Gasteiger partial charge in [0.1, 0.15) is 4.60 Å². The van der Waals surface area contributed by atoms with E-state index < -0.39 is 18.8 Å². The van der Waals surface area contributed by atoms with Crippen LogP contribution in [0.3, 0.4) is 0 Å². The van der Waals surface area contributed by atoms with Crippen LogP contribution in [0.15, 0.2) is 15.3 Å². The number of nitrogens with zero attached hydrogens (tertiary/aromatic N) is 1. The van der Waals surface area contributed by atoms with Gasteiger partial charge in [0.2, 0.25) is 0 Å². The summed E-state index contributed by atoms with van der Waals surface area (Å²) in [5.41, 5.74) is -0.327. The number of carboxylic acid groups (broad SMARTS) is 1. The van der Waals surface area contributed by atoms with E-state index in [4.69, 9.17) is 5.11 Å². The van der Waals surface area contributed by atoms with E-state index >= 15 is 0 Å². The van der Waals surface area contributed by atoms with E-state index in [2.05, 4.69) is 36.8 Å². The van der Waals surface area contributed by atoms with Gasteiger partial charge in [-0.2, -0.15) is 0 Å². The minimum atomic E-state index is -2.74. The highest BCUT2D eigenvalue weighted by atomic mass is 79.9. The molecule has 0 bridgehead atoms. The first-order valence-electron chi connectivity index (χ1n) is 3.76. The first-order valence-corrected chi connectivity index (χ1v) is 5.34. The highest BCUT2D eigenvalue weighted by Gasteiger charge is 2.20. The van der Waals surface area contributed by atoms with E-state index in [1.807, 2.05) is 0 Å². The van der Waals surface area contributed by atoms with Gasteiger partial charge in [-0.15, -0.1) is 0 Å². The second kappa shape index (κ2) is 4.98. The number of pyridine rings is 1. The number of carboxylic acids is 1. The monoisotopic (exact) mass is 343 g/mol. The smallest absolute Gasteiger partial charge is 0.307 e. The molecular weight excluding hydrogens is 340 g/mol. The first kappa shape index (κ1) is 12.5. The Labute approximate surface area is 101 Å². The molecule has 1 N–H and O–H groups in total. The Hall–Kier alpha value is -0.560. The molecule has 0 saturated heterocycles. The lowest BCUT2D eigenvalue weighted by molar-refractivity contribution is -0.136. The number of halogens is 4. The Kier molecular flexibility index (Phi) is 4.15. The minimum absolute atomic E-state index is 0.0411. The van der Waals surface area contributed by atoms with Gasteiger partial charge in [-0.1, -0.05) is 0 Å². The predicted molar refractivity (Wildman–Crippen MR) is 55.9 cm³/mol. The summed E-state index contributed by atoms with van der Waals surface area (Å²) in [6, 6.07) is 0. The van der Waals surface area contributed by atoms with E-state index in [-0.39, 0.29) is 15.6 Å². The molecule has 0 amide bonds. The highest BCUT2D eigenvalue weighted by Crippen LogP contribution is 2.32. The number of aromatic nitrogens is 1. The van der Waals surface area contributed by atoms with Gasteiger partial charge in [0.25, 0.3) is 6.43 Å². The Morgan fingerprint density at radius 3 is 2.60 bits per heavy atom. The van der Waals surface area contributed by atoms with Crippen LogP contribution in [0.4, 0.5) is 8.78 Å². The fraction of sp³-hybridized carbons (Fsp3) is 0.250. The van der Waals surface area contributed by atoms with Gasteiger partial charge >= 0.3 is 5.97 Å². The molecule has 0 aromatic carbocycles. The summed E-state index contributed by atoms with van der Waals surface area (Å²) in [6.45, 7) is 0. The summed E-state index contributed by atoms with van der Waals surface area (Å²) < 4.78 is 25.6. The second-order valence-corrected chi connectivity index (χ2v) is 4.21. The number of carbonyl (C=O) groups is 1. The van der Waals surface area contributed by atoms with Crippen molar-refractivity contribution < 1.29 is 18.7 Å². The molecule has 0 saturated carbocycles. The van der Waals surface area contributed by atoms with Gasteiger partial charge in [-0.25, -0.2) is 13.8 Å². The number of alkyl halides is 2. The molecule has 0 aliphatic heterocycles. The third-order valence-electron chi connectivity index (χ3n) is 1.67. The third-order valence-corrected chi connectivity index (χ3v) is 3.66. The largest absolute Gasteiger partial charge is 0.481 e. The maximum Gasteiger partial charge on any atom is 0.307 e. The van der Waals surface area contributed by atoms with Gasteiger partial charge < -0.3 is 5.11 Å². The van der Waals surface area contributed by atoms with Crippen LogP contribution in [0.25, 0.3) is 0 Å². The van der Waals surface area contributed by atoms with Crippen LogP contribution in [0.5, 0.6) is 0 Å².